The second-order valence-electron chi connectivity index (χ2n) is 4.32. The van der Waals surface area contributed by atoms with Gasteiger partial charge in [-0.3, -0.25) is 4.68 Å². The summed E-state index contributed by atoms with van der Waals surface area (Å²) in [5, 5.41) is 4.21. The van der Waals surface area contributed by atoms with Crippen LogP contribution in [-0.2, 0) is 6.54 Å². The minimum absolute atomic E-state index is 0.574. The second-order valence-corrected chi connectivity index (χ2v) is 5.17. The van der Waals surface area contributed by atoms with Crippen molar-refractivity contribution in [3.63, 3.8) is 0 Å². The predicted molar refractivity (Wildman–Crippen MR) is 64.6 cm³/mol. The van der Waals surface area contributed by atoms with Gasteiger partial charge in [0.1, 0.15) is 0 Å². The molecule has 0 radical (unpaired) electrons. The van der Waals surface area contributed by atoms with E-state index >= 15 is 0 Å². The van der Waals surface area contributed by atoms with Crippen molar-refractivity contribution in [3.8, 4) is 0 Å². The molecule has 84 valence electrons. The fraction of sp³-hybridized carbons (Fsp3) is 0.700. The zero-order chi connectivity index (χ0) is 10.8. The van der Waals surface area contributed by atoms with Gasteiger partial charge in [-0.2, -0.15) is 5.10 Å². The highest BCUT2D eigenvalue weighted by Gasteiger charge is 2.18. The number of nitrogens with zero attached hydrogens (tertiary/aromatic N) is 3. The van der Waals surface area contributed by atoms with Crippen LogP contribution in [0.25, 0.3) is 0 Å². The molecule has 2 N–H and O–H groups in total. The summed E-state index contributed by atoms with van der Waals surface area (Å²) in [4.78, 5) is 2.48. The molecule has 1 aromatic heterocycles. The van der Waals surface area contributed by atoms with Gasteiger partial charge in [0, 0.05) is 19.3 Å². The first kappa shape index (κ1) is 11.0. The summed E-state index contributed by atoms with van der Waals surface area (Å²) in [6, 6.07) is 0. The Kier molecular flexibility index (Phi) is 3.31. The molecule has 1 aromatic rings. The molecule has 0 aliphatic carbocycles. The third-order valence-electron chi connectivity index (χ3n) is 2.90. The third kappa shape index (κ3) is 2.72. The Hall–Kier alpha value is -0.550. The van der Waals surface area contributed by atoms with E-state index in [4.69, 9.17) is 5.73 Å². The Balaban J connectivity index is 1.83. The molecule has 1 saturated heterocycles. The summed E-state index contributed by atoms with van der Waals surface area (Å²) >= 11 is 3.36. The van der Waals surface area contributed by atoms with Crippen LogP contribution >= 0.6 is 15.9 Å². The van der Waals surface area contributed by atoms with Gasteiger partial charge in [-0.05, 0) is 34.8 Å². The van der Waals surface area contributed by atoms with Crippen LogP contribution in [0.4, 0.5) is 5.82 Å². The molecule has 0 spiro atoms. The maximum atomic E-state index is 5.65. The van der Waals surface area contributed by atoms with Crippen molar-refractivity contribution in [1.82, 2.24) is 14.7 Å². The van der Waals surface area contributed by atoms with Gasteiger partial charge in [0.2, 0.25) is 0 Å². The molecule has 5 heteroatoms. The molecule has 2 heterocycles. The Morgan fingerprint density at radius 1 is 1.60 bits per heavy atom. The Labute approximate surface area is 98.6 Å². The van der Waals surface area contributed by atoms with E-state index in [2.05, 4.69) is 32.9 Å². The number of hydrogen-bond donors (Lipinski definition) is 1. The van der Waals surface area contributed by atoms with Crippen LogP contribution in [0.2, 0.25) is 0 Å². The Morgan fingerprint density at radius 2 is 2.40 bits per heavy atom. The molecule has 1 aliphatic rings. The molecule has 1 unspecified atom stereocenters. The lowest BCUT2D eigenvalue weighted by molar-refractivity contribution is 0.307. The topological polar surface area (TPSA) is 47.1 Å². The number of nitrogen functional groups attached to an aromatic ring is 1. The average Bonchev–Trinajstić information content (AvgIpc) is 2.72. The fourth-order valence-electron chi connectivity index (χ4n) is 2.00. The lowest BCUT2D eigenvalue weighted by Crippen LogP contribution is -2.25. The minimum atomic E-state index is 0.574. The van der Waals surface area contributed by atoms with Gasteiger partial charge in [0.25, 0.3) is 0 Å². The summed E-state index contributed by atoms with van der Waals surface area (Å²) in [7, 11) is 0. The molecule has 1 atom stereocenters. The van der Waals surface area contributed by atoms with Gasteiger partial charge in [-0.15, -0.1) is 0 Å². The molecule has 1 fully saturated rings. The van der Waals surface area contributed by atoms with Crippen molar-refractivity contribution < 1.29 is 0 Å². The van der Waals surface area contributed by atoms with Crippen LogP contribution in [0, 0.1) is 5.92 Å². The summed E-state index contributed by atoms with van der Waals surface area (Å²) in [6.45, 7) is 6.74. The van der Waals surface area contributed by atoms with Crippen molar-refractivity contribution in [2.45, 2.75) is 19.9 Å². The van der Waals surface area contributed by atoms with Crippen molar-refractivity contribution in [2.24, 2.45) is 5.92 Å². The third-order valence-corrected chi connectivity index (χ3v) is 3.51. The zero-order valence-electron chi connectivity index (χ0n) is 8.99. The van der Waals surface area contributed by atoms with Crippen molar-refractivity contribution >= 4 is 21.7 Å². The first-order valence-electron chi connectivity index (χ1n) is 5.36. The van der Waals surface area contributed by atoms with Gasteiger partial charge < -0.3 is 10.6 Å². The first-order chi connectivity index (χ1) is 7.15. The highest BCUT2D eigenvalue weighted by molar-refractivity contribution is 9.10. The molecule has 15 heavy (non-hydrogen) atoms. The normalized spacial score (nSPS) is 22.4. The second kappa shape index (κ2) is 4.53. The number of likely N-dealkylation sites (tertiary alicyclic amines) is 1. The fourth-order valence-corrected chi connectivity index (χ4v) is 2.32. The smallest absolute Gasteiger partial charge is 0.159 e. The standard InChI is InChI=1S/C10H17BrN4/c1-8-2-3-14(6-8)4-5-15-7-9(11)10(12)13-15/h7-8H,2-6H2,1H3,(H2,12,13). The van der Waals surface area contributed by atoms with Gasteiger partial charge in [-0.1, -0.05) is 6.92 Å². The molecule has 0 saturated carbocycles. The molecular weight excluding hydrogens is 256 g/mol. The van der Waals surface area contributed by atoms with Crippen molar-refractivity contribution in [1.29, 1.82) is 0 Å². The summed E-state index contributed by atoms with van der Waals surface area (Å²) in [5.41, 5.74) is 5.65. The van der Waals surface area contributed by atoms with Crippen molar-refractivity contribution in [2.75, 3.05) is 25.4 Å². The molecule has 0 aromatic carbocycles. The van der Waals surface area contributed by atoms with E-state index in [9.17, 15) is 0 Å². The average molecular weight is 273 g/mol. The highest BCUT2D eigenvalue weighted by Crippen LogP contribution is 2.17. The molecular formula is C10H17BrN4. The van der Waals surface area contributed by atoms with E-state index in [0.29, 0.717) is 5.82 Å². The lowest BCUT2D eigenvalue weighted by Gasteiger charge is -2.14. The van der Waals surface area contributed by atoms with E-state index in [1.165, 1.54) is 19.5 Å². The van der Waals surface area contributed by atoms with Crippen LogP contribution in [0.5, 0.6) is 0 Å². The van der Waals surface area contributed by atoms with Crippen LogP contribution in [0.3, 0.4) is 0 Å². The minimum Gasteiger partial charge on any atom is -0.381 e. The molecule has 0 bridgehead atoms. The van der Waals surface area contributed by atoms with Crippen molar-refractivity contribution in [3.05, 3.63) is 10.7 Å². The van der Waals surface area contributed by atoms with E-state index in [1.54, 1.807) is 0 Å². The summed E-state index contributed by atoms with van der Waals surface area (Å²) < 4.78 is 2.79. The van der Waals surface area contributed by atoms with E-state index < -0.39 is 0 Å². The number of aromatic nitrogens is 2. The maximum Gasteiger partial charge on any atom is 0.159 e. The monoisotopic (exact) mass is 272 g/mol. The van der Waals surface area contributed by atoms with Crippen LogP contribution in [0.15, 0.2) is 10.7 Å². The molecule has 0 amide bonds. The quantitative estimate of drug-likeness (QED) is 0.909. The number of halogens is 1. The van der Waals surface area contributed by atoms with E-state index in [1.807, 2.05) is 10.9 Å². The van der Waals surface area contributed by atoms with Gasteiger partial charge in [-0.25, -0.2) is 0 Å². The maximum absolute atomic E-state index is 5.65. The number of rotatable bonds is 3. The lowest BCUT2D eigenvalue weighted by atomic mass is 10.2. The SMILES string of the molecule is CC1CCN(CCn2cc(Br)c(N)n2)C1. The highest BCUT2D eigenvalue weighted by atomic mass is 79.9. The number of anilines is 1. The van der Waals surface area contributed by atoms with Crippen LogP contribution < -0.4 is 5.73 Å². The largest absolute Gasteiger partial charge is 0.381 e. The summed E-state index contributed by atoms with van der Waals surface area (Å²) in [6.07, 6.45) is 3.26. The molecule has 2 rings (SSSR count). The predicted octanol–water partition coefficient (Wildman–Crippen LogP) is 1.57. The Bertz CT molecular complexity index is 317. The Morgan fingerprint density at radius 3 is 2.93 bits per heavy atom. The zero-order valence-corrected chi connectivity index (χ0v) is 10.6. The summed E-state index contributed by atoms with van der Waals surface area (Å²) in [5.74, 6) is 1.42. The van der Waals surface area contributed by atoms with Crippen LogP contribution in [-0.4, -0.2) is 34.3 Å². The molecule has 4 nitrogen and oxygen atoms in total. The number of hydrogen-bond acceptors (Lipinski definition) is 3. The van der Waals surface area contributed by atoms with Gasteiger partial charge in [0.05, 0.1) is 11.0 Å². The first-order valence-corrected chi connectivity index (χ1v) is 6.15. The van der Waals surface area contributed by atoms with Crippen LogP contribution in [0.1, 0.15) is 13.3 Å². The van der Waals surface area contributed by atoms with E-state index in [0.717, 1.165) is 23.5 Å². The number of nitrogens with two attached hydrogens (primary N) is 1. The van der Waals surface area contributed by atoms with Gasteiger partial charge >= 0.3 is 0 Å². The van der Waals surface area contributed by atoms with Gasteiger partial charge in [0.15, 0.2) is 5.82 Å². The van der Waals surface area contributed by atoms with E-state index in [-0.39, 0.29) is 0 Å². The molecule has 1 aliphatic heterocycles.